The van der Waals surface area contributed by atoms with Gasteiger partial charge in [0.25, 0.3) is 0 Å². The number of para-hydroxylation sites is 2. The molecule has 96 heavy (non-hydrogen) atoms. The fourth-order valence-corrected chi connectivity index (χ4v) is 14.6. The predicted octanol–water partition coefficient (Wildman–Crippen LogP) is 24.5. The molecule has 0 saturated heterocycles. The van der Waals surface area contributed by atoms with E-state index in [4.69, 9.17) is 9.97 Å². The van der Waals surface area contributed by atoms with E-state index < -0.39 is 0 Å². The van der Waals surface area contributed by atoms with Crippen molar-refractivity contribution in [3.63, 3.8) is 0 Å². The molecule has 0 saturated carbocycles. The van der Waals surface area contributed by atoms with Crippen LogP contribution < -0.4 is 0 Å². The van der Waals surface area contributed by atoms with Gasteiger partial charge in [-0.2, -0.15) is 0 Å². The molecule has 0 atom stereocenters. The predicted molar refractivity (Wildman–Crippen MR) is 403 cm³/mol. The molecular weight excluding hydrogens is 1160 g/mol. The summed E-state index contributed by atoms with van der Waals surface area (Å²) in [7, 11) is 0. The third kappa shape index (κ3) is 9.87. The zero-order valence-corrected chi connectivity index (χ0v) is 52.4. The molecule has 4 heteroatoms. The molecule has 0 radical (unpaired) electrons. The van der Waals surface area contributed by atoms with Gasteiger partial charge in [-0.3, -0.25) is 0 Å². The normalized spacial score (nSPS) is 11.5. The molecule has 3 aromatic heterocycles. The molecule has 18 aromatic rings. The SMILES string of the molecule is c1ccc(-c2ccccc2-c2ccc3c(c2)c2cc(-c4ccccc4-c4ccccc4)ccc2n3-c2ccc(-c3nc4ccccc4nc3-c3ccc(-n4c5ccc(-c6ccccc6-c6ccccc6)cc5c5cc(-c6ccccc6-c6ccccc6)ccc54)cc3)cc2)cc1. The van der Waals surface area contributed by atoms with Gasteiger partial charge in [-0.15, -0.1) is 0 Å². The van der Waals surface area contributed by atoms with Gasteiger partial charge in [-0.25, -0.2) is 9.97 Å². The van der Waals surface area contributed by atoms with E-state index in [-0.39, 0.29) is 0 Å². The van der Waals surface area contributed by atoms with Gasteiger partial charge in [0, 0.05) is 44.0 Å². The van der Waals surface area contributed by atoms with Crippen LogP contribution >= 0.6 is 0 Å². The van der Waals surface area contributed by atoms with E-state index in [1.54, 1.807) is 0 Å². The van der Waals surface area contributed by atoms with Crippen molar-refractivity contribution in [1.82, 2.24) is 19.1 Å². The van der Waals surface area contributed by atoms with E-state index in [0.717, 1.165) is 67.0 Å². The summed E-state index contributed by atoms with van der Waals surface area (Å²) in [6, 6.07) is 132. The summed E-state index contributed by atoms with van der Waals surface area (Å²) in [4.78, 5) is 10.9. The van der Waals surface area contributed by atoms with Gasteiger partial charge >= 0.3 is 0 Å². The summed E-state index contributed by atoms with van der Waals surface area (Å²) in [6.07, 6.45) is 0. The molecule has 3 heterocycles. The average molecular weight is 1220 g/mol. The van der Waals surface area contributed by atoms with Crippen LogP contribution in [0.1, 0.15) is 0 Å². The lowest BCUT2D eigenvalue weighted by atomic mass is 9.92. The summed E-state index contributed by atoms with van der Waals surface area (Å²) < 4.78 is 4.84. The highest BCUT2D eigenvalue weighted by molar-refractivity contribution is 6.14. The first kappa shape index (κ1) is 56.0. The molecule has 0 aliphatic heterocycles. The molecule has 0 N–H and O–H groups in total. The second kappa shape index (κ2) is 23.7. The topological polar surface area (TPSA) is 35.6 Å². The second-order valence-electron chi connectivity index (χ2n) is 24.7. The Morgan fingerprint density at radius 3 is 0.625 bits per heavy atom. The zero-order valence-electron chi connectivity index (χ0n) is 52.4. The minimum absolute atomic E-state index is 0.821. The third-order valence-corrected chi connectivity index (χ3v) is 19.2. The van der Waals surface area contributed by atoms with Gasteiger partial charge in [0.05, 0.1) is 44.5 Å². The van der Waals surface area contributed by atoms with Gasteiger partial charge < -0.3 is 9.13 Å². The van der Waals surface area contributed by atoms with Crippen molar-refractivity contribution in [2.75, 3.05) is 0 Å². The largest absolute Gasteiger partial charge is 0.309 e. The van der Waals surface area contributed by atoms with Crippen molar-refractivity contribution in [2.24, 2.45) is 0 Å². The number of benzene rings is 15. The van der Waals surface area contributed by atoms with E-state index in [1.807, 2.05) is 12.1 Å². The molecule has 0 fully saturated rings. The molecule has 15 aromatic carbocycles. The van der Waals surface area contributed by atoms with E-state index in [1.165, 1.54) is 111 Å². The quantitative estimate of drug-likeness (QED) is 0.122. The molecule has 18 rings (SSSR count). The van der Waals surface area contributed by atoms with Crippen molar-refractivity contribution >= 4 is 54.6 Å². The monoisotopic (exact) mass is 1220 g/mol. The Bertz CT molecular complexity index is 5320. The van der Waals surface area contributed by atoms with Gasteiger partial charge in [-0.05, 0) is 174 Å². The van der Waals surface area contributed by atoms with E-state index >= 15 is 0 Å². The molecule has 0 bridgehead atoms. The smallest absolute Gasteiger partial charge is 0.0973 e. The van der Waals surface area contributed by atoms with Crippen molar-refractivity contribution in [2.45, 2.75) is 0 Å². The average Bonchev–Trinajstić information content (AvgIpc) is 1.59. The van der Waals surface area contributed by atoms with E-state index in [0.29, 0.717) is 0 Å². The maximum absolute atomic E-state index is 5.45. The second-order valence-corrected chi connectivity index (χ2v) is 24.7. The Balaban J connectivity index is 0.753. The number of nitrogens with zero attached hydrogens (tertiary/aromatic N) is 4. The maximum atomic E-state index is 5.45. The highest BCUT2D eigenvalue weighted by Crippen LogP contribution is 2.45. The first-order valence-electron chi connectivity index (χ1n) is 32.9. The van der Waals surface area contributed by atoms with Crippen LogP contribution in [0.25, 0.3) is 178 Å². The lowest BCUT2D eigenvalue weighted by Gasteiger charge is -2.14. The first-order valence-corrected chi connectivity index (χ1v) is 32.9. The van der Waals surface area contributed by atoms with E-state index in [2.05, 4.69) is 361 Å². The Morgan fingerprint density at radius 1 is 0.167 bits per heavy atom. The number of hydrogen-bond donors (Lipinski definition) is 0. The molecule has 448 valence electrons. The third-order valence-electron chi connectivity index (χ3n) is 19.2. The number of rotatable bonds is 12. The van der Waals surface area contributed by atoms with Crippen LogP contribution in [0.2, 0.25) is 0 Å². The number of hydrogen-bond acceptors (Lipinski definition) is 2. The number of fused-ring (bicyclic) bond motifs is 7. The van der Waals surface area contributed by atoms with Gasteiger partial charge in [0.1, 0.15) is 0 Å². The fraction of sp³-hybridized carbons (Fsp3) is 0. The summed E-state index contributed by atoms with van der Waals surface area (Å²) in [5, 5.41) is 4.74. The highest BCUT2D eigenvalue weighted by atomic mass is 15.0. The zero-order chi connectivity index (χ0) is 63.5. The van der Waals surface area contributed by atoms with Crippen LogP contribution in [0, 0.1) is 0 Å². The van der Waals surface area contributed by atoms with Crippen molar-refractivity contribution in [3.05, 3.63) is 364 Å². The lowest BCUT2D eigenvalue weighted by molar-refractivity contribution is 1.18. The van der Waals surface area contributed by atoms with Crippen molar-refractivity contribution in [3.8, 4) is 123 Å². The van der Waals surface area contributed by atoms with E-state index in [9.17, 15) is 0 Å². The first-order chi connectivity index (χ1) is 47.6. The van der Waals surface area contributed by atoms with Crippen LogP contribution in [0.5, 0.6) is 0 Å². The highest BCUT2D eigenvalue weighted by Gasteiger charge is 2.22. The van der Waals surface area contributed by atoms with Crippen molar-refractivity contribution in [1.29, 1.82) is 0 Å². The summed E-state index contributed by atoms with van der Waals surface area (Å²) in [5.74, 6) is 0. The lowest BCUT2D eigenvalue weighted by Crippen LogP contribution is -1.98. The summed E-state index contributed by atoms with van der Waals surface area (Å²) in [6.45, 7) is 0. The van der Waals surface area contributed by atoms with Crippen LogP contribution in [-0.2, 0) is 0 Å². The van der Waals surface area contributed by atoms with Crippen molar-refractivity contribution < 1.29 is 0 Å². The molecular formula is C92H60N4. The minimum Gasteiger partial charge on any atom is -0.309 e. The van der Waals surface area contributed by atoms with Gasteiger partial charge in [-0.1, -0.05) is 279 Å². The summed E-state index contributed by atoms with van der Waals surface area (Å²) >= 11 is 0. The van der Waals surface area contributed by atoms with Crippen LogP contribution in [0.4, 0.5) is 0 Å². The van der Waals surface area contributed by atoms with Crippen LogP contribution in [0.3, 0.4) is 0 Å². The Morgan fingerprint density at radius 2 is 0.375 bits per heavy atom. The Labute approximate surface area is 557 Å². The number of aromatic nitrogens is 4. The van der Waals surface area contributed by atoms with Gasteiger partial charge in [0.15, 0.2) is 0 Å². The molecule has 0 aliphatic carbocycles. The van der Waals surface area contributed by atoms with Crippen LogP contribution in [0.15, 0.2) is 364 Å². The standard InChI is InChI=1S/C92H60N4/c1-5-23-61(24-6-1)73-31-13-17-35-77(73)67-45-53-87-81(57-67)82-58-68(78-36-18-14-32-74(78)62-25-7-2-8-26-62)46-54-88(82)95(87)71-49-41-65(42-50-71)91-92(94-86-40-22-21-39-85(86)93-91)66-43-51-72(52-44-66)96-89-55-47-69(79-37-19-15-33-75(79)63-27-9-3-10-28-63)59-83(89)84-60-70(48-56-90(84)96)80-38-20-16-34-76(80)64-29-11-4-12-30-64/h1-60H. The Kier molecular flexibility index (Phi) is 13.8. The van der Waals surface area contributed by atoms with Gasteiger partial charge in [0.2, 0.25) is 0 Å². The molecule has 0 spiro atoms. The minimum atomic E-state index is 0.821. The fourth-order valence-electron chi connectivity index (χ4n) is 14.6. The molecule has 0 aliphatic rings. The molecule has 4 nitrogen and oxygen atoms in total. The Hall–Kier alpha value is -12.8. The maximum Gasteiger partial charge on any atom is 0.0973 e. The molecule has 0 amide bonds. The molecule has 0 unspecified atom stereocenters. The van der Waals surface area contributed by atoms with Crippen LogP contribution in [-0.4, -0.2) is 19.1 Å². The summed E-state index contributed by atoms with van der Waals surface area (Å²) in [5.41, 5.74) is 31.0.